The standard InChI is InChI=1S/C16H21NO4S/c18-15(19)14-3-1-2-13(8-14)10-17-22(20,21)11-16-6-4-12(9-16)5-7-16/h1-3,8,12,17H,4-7,9-11H2,(H,18,19). The van der Waals surface area contributed by atoms with E-state index in [0.717, 1.165) is 38.0 Å². The smallest absolute Gasteiger partial charge is 0.335 e. The molecular weight excluding hydrogens is 302 g/mol. The van der Waals surface area contributed by atoms with Crippen molar-refractivity contribution in [3.8, 4) is 0 Å². The van der Waals surface area contributed by atoms with Crippen molar-refractivity contribution in [1.82, 2.24) is 4.72 Å². The van der Waals surface area contributed by atoms with Gasteiger partial charge >= 0.3 is 5.97 Å². The second-order valence-electron chi connectivity index (χ2n) is 6.73. The van der Waals surface area contributed by atoms with Crippen molar-refractivity contribution in [2.24, 2.45) is 11.3 Å². The normalized spacial score (nSPS) is 27.2. The van der Waals surface area contributed by atoms with E-state index in [4.69, 9.17) is 5.11 Å². The van der Waals surface area contributed by atoms with Crippen LogP contribution in [0.5, 0.6) is 0 Å². The lowest BCUT2D eigenvalue weighted by Crippen LogP contribution is -2.34. The molecule has 3 rings (SSSR count). The van der Waals surface area contributed by atoms with Gasteiger partial charge in [-0.25, -0.2) is 17.9 Å². The molecule has 2 aliphatic carbocycles. The number of hydrogen-bond donors (Lipinski definition) is 2. The molecule has 2 aliphatic rings. The summed E-state index contributed by atoms with van der Waals surface area (Å²) in [6.07, 6.45) is 5.41. The Morgan fingerprint density at radius 2 is 2.05 bits per heavy atom. The zero-order valence-corrected chi connectivity index (χ0v) is 13.2. The molecule has 2 bridgehead atoms. The fraction of sp³-hybridized carbons (Fsp3) is 0.562. The lowest BCUT2D eigenvalue weighted by Gasteiger charge is -2.26. The number of carboxylic acid groups (broad SMARTS) is 1. The number of carboxylic acids is 1. The molecule has 0 spiro atoms. The maximum absolute atomic E-state index is 12.3. The molecule has 0 heterocycles. The molecule has 1 aromatic rings. The SMILES string of the molecule is O=C(O)c1cccc(CNS(=O)(=O)CC23CCC(CC2)C3)c1. The Balaban J connectivity index is 1.63. The highest BCUT2D eigenvalue weighted by molar-refractivity contribution is 7.89. The minimum atomic E-state index is -3.34. The van der Waals surface area contributed by atoms with Crippen LogP contribution in [0.25, 0.3) is 0 Å². The summed E-state index contributed by atoms with van der Waals surface area (Å²) in [5, 5.41) is 8.96. The Morgan fingerprint density at radius 1 is 1.32 bits per heavy atom. The molecule has 0 radical (unpaired) electrons. The van der Waals surface area contributed by atoms with Gasteiger partial charge in [-0.2, -0.15) is 0 Å². The van der Waals surface area contributed by atoms with Crippen LogP contribution in [0.3, 0.4) is 0 Å². The number of sulfonamides is 1. The van der Waals surface area contributed by atoms with E-state index in [9.17, 15) is 13.2 Å². The second kappa shape index (κ2) is 5.66. The molecule has 2 saturated carbocycles. The highest BCUT2D eigenvalue weighted by atomic mass is 32.2. The minimum absolute atomic E-state index is 0.0145. The average molecular weight is 323 g/mol. The van der Waals surface area contributed by atoms with Crippen LogP contribution in [0.15, 0.2) is 24.3 Å². The molecule has 0 amide bonds. The molecule has 2 N–H and O–H groups in total. The quantitative estimate of drug-likeness (QED) is 0.842. The maximum Gasteiger partial charge on any atom is 0.335 e. The Kier molecular flexibility index (Phi) is 3.99. The fourth-order valence-corrected chi connectivity index (χ4v) is 5.68. The Labute approximate surface area is 130 Å². The van der Waals surface area contributed by atoms with Crippen LogP contribution in [0.1, 0.15) is 48.0 Å². The van der Waals surface area contributed by atoms with Gasteiger partial charge in [-0.1, -0.05) is 12.1 Å². The molecule has 0 atom stereocenters. The third-order valence-electron chi connectivity index (χ3n) is 5.05. The van der Waals surface area contributed by atoms with Crippen molar-refractivity contribution in [3.63, 3.8) is 0 Å². The van der Waals surface area contributed by atoms with E-state index in [0.29, 0.717) is 5.56 Å². The van der Waals surface area contributed by atoms with Crippen molar-refractivity contribution >= 4 is 16.0 Å². The van der Waals surface area contributed by atoms with E-state index in [-0.39, 0.29) is 23.3 Å². The molecule has 120 valence electrons. The van der Waals surface area contributed by atoms with Gasteiger partial charge in [0.05, 0.1) is 11.3 Å². The predicted molar refractivity (Wildman–Crippen MR) is 83.0 cm³/mol. The summed E-state index contributed by atoms with van der Waals surface area (Å²) in [4.78, 5) is 10.9. The van der Waals surface area contributed by atoms with Gasteiger partial charge in [0, 0.05) is 6.54 Å². The molecule has 0 aliphatic heterocycles. The Morgan fingerprint density at radius 3 is 2.64 bits per heavy atom. The highest BCUT2D eigenvalue weighted by Gasteiger charge is 2.47. The molecule has 1 aromatic carbocycles. The zero-order valence-electron chi connectivity index (χ0n) is 12.4. The van der Waals surface area contributed by atoms with Gasteiger partial charge in [0.25, 0.3) is 0 Å². The van der Waals surface area contributed by atoms with Crippen LogP contribution in [-0.4, -0.2) is 25.2 Å². The average Bonchev–Trinajstić information content (AvgIpc) is 3.05. The first-order valence-electron chi connectivity index (χ1n) is 7.67. The summed E-state index contributed by atoms with van der Waals surface area (Å²) in [6, 6.07) is 6.36. The van der Waals surface area contributed by atoms with Crippen molar-refractivity contribution in [3.05, 3.63) is 35.4 Å². The molecule has 22 heavy (non-hydrogen) atoms. The first-order chi connectivity index (χ1) is 10.4. The Bertz CT molecular complexity index is 675. The molecular formula is C16H21NO4S. The van der Waals surface area contributed by atoms with E-state index < -0.39 is 16.0 Å². The minimum Gasteiger partial charge on any atom is -0.478 e. The van der Waals surface area contributed by atoms with Crippen LogP contribution in [0.2, 0.25) is 0 Å². The number of nitrogens with one attached hydrogen (secondary N) is 1. The number of hydrogen-bond acceptors (Lipinski definition) is 3. The van der Waals surface area contributed by atoms with Gasteiger partial charge in [-0.3, -0.25) is 0 Å². The van der Waals surface area contributed by atoms with Gasteiger partial charge in [0.15, 0.2) is 0 Å². The number of fused-ring (bicyclic) bond motifs is 2. The highest BCUT2D eigenvalue weighted by Crippen LogP contribution is 2.54. The molecule has 6 heteroatoms. The van der Waals surface area contributed by atoms with E-state index in [1.165, 1.54) is 12.1 Å². The Hall–Kier alpha value is -1.40. The van der Waals surface area contributed by atoms with Gasteiger partial charge in [0.1, 0.15) is 0 Å². The third kappa shape index (κ3) is 3.33. The van der Waals surface area contributed by atoms with Crippen LogP contribution >= 0.6 is 0 Å². The van der Waals surface area contributed by atoms with Gasteiger partial charge < -0.3 is 5.11 Å². The van der Waals surface area contributed by atoms with Gasteiger partial charge in [-0.15, -0.1) is 0 Å². The second-order valence-corrected chi connectivity index (χ2v) is 8.54. The number of rotatable bonds is 6. The molecule has 0 saturated heterocycles. The van der Waals surface area contributed by atoms with Crippen LogP contribution < -0.4 is 4.72 Å². The zero-order chi connectivity index (χ0) is 15.8. The summed E-state index contributed by atoms with van der Waals surface area (Å²) >= 11 is 0. The summed E-state index contributed by atoms with van der Waals surface area (Å²) in [7, 11) is -3.34. The first-order valence-corrected chi connectivity index (χ1v) is 9.32. The van der Waals surface area contributed by atoms with Crippen molar-refractivity contribution in [2.75, 3.05) is 5.75 Å². The summed E-state index contributed by atoms with van der Waals surface area (Å²) < 4.78 is 27.3. The predicted octanol–water partition coefficient (Wildman–Crippen LogP) is 2.38. The number of aromatic carboxylic acids is 1. The largest absolute Gasteiger partial charge is 0.478 e. The van der Waals surface area contributed by atoms with E-state index in [1.807, 2.05) is 0 Å². The number of benzene rings is 1. The topological polar surface area (TPSA) is 83.5 Å². The third-order valence-corrected chi connectivity index (χ3v) is 6.63. The van der Waals surface area contributed by atoms with Crippen molar-refractivity contribution < 1.29 is 18.3 Å². The maximum atomic E-state index is 12.3. The van der Waals surface area contributed by atoms with E-state index >= 15 is 0 Å². The molecule has 5 nitrogen and oxygen atoms in total. The van der Waals surface area contributed by atoms with Gasteiger partial charge in [-0.05, 0) is 61.1 Å². The summed E-state index contributed by atoms with van der Waals surface area (Å²) in [6.45, 7) is 0.142. The van der Waals surface area contributed by atoms with Gasteiger partial charge in [0.2, 0.25) is 10.0 Å². The lowest BCUT2D eigenvalue weighted by molar-refractivity contribution is 0.0696. The number of carbonyl (C=O) groups is 1. The van der Waals surface area contributed by atoms with Crippen molar-refractivity contribution in [2.45, 2.75) is 38.6 Å². The molecule has 0 unspecified atom stereocenters. The lowest BCUT2D eigenvalue weighted by atomic mass is 9.87. The summed E-state index contributed by atoms with van der Waals surface area (Å²) in [5.41, 5.74) is 0.820. The van der Waals surface area contributed by atoms with Crippen LogP contribution in [0, 0.1) is 11.3 Å². The first kappa shape index (κ1) is 15.5. The fourth-order valence-electron chi connectivity index (χ4n) is 3.98. The van der Waals surface area contributed by atoms with Crippen LogP contribution in [-0.2, 0) is 16.6 Å². The van der Waals surface area contributed by atoms with Crippen LogP contribution in [0.4, 0.5) is 0 Å². The van der Waals surface area contributed by atoms with E-state index in [2.05, 4.69) is 4.72 Å². The molecule has 2 fully saturated rings. The summed E-state index contributed by atoms with van der Waals surface area (Å²) in [5.74, 6) is -0.0798. The van der Waals surface area contributed by atoms with Crippen molar-refractivity contribution in [1.29, 1.82) is 0 Å². The monoisotopic (exact) mass is 323 g/mol. The molecule has 0 aromatic heterocycles. The van der Waals surface area contributed by atoms with E-state index in [1.54, 1.807) is 12.1 Å².